The van der Waals surface area contributed by atoms with Crippen molar-refractivity contribution in [3.05, 3.63) is 79.3 Å². The van der Waals surface area contributed by atoms with Gasteiger partial charge in [-0.25, -0.2) is 28.8 Å². The van der Waals surface area contributed by atoms with E-state index in [9.17, 15) is 4.79 Å². The monoisotopic (exact) mass is 581 g/mol. The molecule has 1 fully saturated rings. The first-order valence-corrected chi connectivity index (χ1v) is 13.9. The Morgan fingerprint density at radius 2 is 1.95 bits per heavy atom. The van der Waals surface area contributed by atoms with Gasteiger partial charge in [-0.3, -0.25) is 4.79 Å². The van der Waals surface area contributed by atoms with Crippen molar-refractivity contribution in [2.45, 2.75) is 33.7 Å². The minimum Gasteiger partial charge on any atom is -0.457 e. The van der Waals surface area contributed by atoms with E-state index in [4.69, 9.17) is 9.72 Å². The van der Waals surface area contributed by atoms with Crippen molar-refractivity contribution in [2.75, 3.05) is 29.9 Å². The predicted molar refractivity (Wildman–Crippen MR) is 162 cm³/mol. The second kappa shape index (κ2) is 10.9. The van der Waals surface area contributed by atoms with Crippen LogP contribution in [0.25, 0.3) is 16.7 Å². The second-order valence-corrected chi connectivity index (χ2v) is 11.6. The number of benzene rings is 1. The maximum atomic E-state index is 15.4. The van der Waals surface area contributed by atoms with Crippen LogP contribution in [0.3, 0.4) is 0 Å². The van der Waals surface area contributed by atoms with Gasteiger partial charge >= 0.3 is 0 Å². The quantitative estimate of drug-likeness (QED) is 0.267. The molecule has 220 valence electrons. The third-order valence-electron chi connectivity index (χ3n) is 7.63. The van der Waals surface area contributed by atoms with E-state index in [2.05, 4.69) is 57.6 Å². The van der Waals surface area contributed by atoms with Gasteiger partial charge in [0.05, 0.1) is 17.2 Å². The molecule has 1 aliphatic rings. The molecule has 11 nitrogen and oxygen atoms in total. The van der Waals surface area contributed by atoms with Crippen LogP contribution >= 0.6 is 0 Å². The Labute approximate surface area is 248 Å². The van der Waals surface area contributed by atoms with Crippen LogP contribution in [0, 0.1) is 18.2 Å². The third kappa shape index (κ3) is 5.55. The summed E-state index contributed by atoms with van der Waals surface area (Å²) in [7, 11) is 0. The number of halogens is 1. The lowest BCUT2D eigenvalue weighted by Gasteiger charge is -2.47. The predicted octanol–water partition coefficient (Wildman–Crippen LogP) is 5.30. The van der Waals surface area contributed by atoms with Crippen LogP contribution < -0.4 is 15.0 Å². The number of fused-ring (bicyclic) bond motifs is 2. The lowest BCUT2D eigenvalue weighted by molar-refractivity contribution is -0.131. The van der Waals surface area contributed by atoms with Gasteiger partial charge in [-0.05, 0) is 48.2 Å². The molecule has 1 saturated heterocycles. The summed E-state index contributed by atoms with van der Waals surface area (Å²) < 4.78 is 23.0. The highest BCUT2D eigenvalue weighted by Gasteiger charge is 2.37. The summed E-state index contributed by atoms with van der Waals surface area (Å²) in [6, 6.07) is 10.2. The Balaban J connectivity index is 1.26. The van der Waals surface area contributed by atoms with Gasteiger partial charge in [0.2, 0.25) is 5.91 Å². The SMILES string of the molecule is C=CC(=O)N1CCN(c2ccc3ncnc(Nc4cc(C)c(Oc5ccn6ncnc6c5)cc4F)c3n2)C[C@H]1C(C)(C)C. The zero-order valence-corrected chi connectivity index (χ0v) is 24.5. The van der Waals surface area contributed by atoms with Crippen LogP contribution in [0.2, 0.25) is 0 Å². The molecular weight excluding hydrogens is 549 g/mol. The minimum atomic E-state index is -0.511. The Hall–Kier alpha value is -5.13. The van der Waals surface area contributed by atoms with Gasteiger partial charge in [-0.1, -0.05) is 27.4 Å². The normalized spacial score (nSPS) is 15.6. The summed E-state index contributed by atoms with van der Waals surface area (Å²) >= 11 is 0. The smallest absolute Gasteiger partial charge is 0.246 e. The van der Waals surface area contributed by atoms with E-state index in [0.717, 1.165) is 11.4 Å². The van der Waals surface area contributed by atoms with E-state index in [1.54, 1.807) is 28.9 Å². The first-order valence-electron chi connectivity index (χ1n) is 13.9. The zero-order valence-electron chi connectivity index (χ0n) is 24.5. The van der Waals surface area contributed by atoms with E-state index in [0.29, 0.717) is 53.6 Å². The summed E-state index contributed by atoms with van der Waals surface area (Å²) in [6.07, 6.45) is 5.97. The van der Waals surface area contributed by atoms with Crippen LogP contribution in [0.5, 0.6) is 11.5 Å². The number of piperazine rings is 1. The Bertz CT molecular complexity index is 1850. The van der Waals surface area contributed by atoms with Gasteiger partial charge in [0, 0.05) is 38.0 Å². The molecule has 4 aromatic heterocycles. The number of amides is 1. The number of hydrogen-bond donors (Lipinski definition) is 1. The molecule has 1 aromatic carbocycles. The highest BCUT2D eigenvalue weighted by molar-refractivity contribution is 5.89. The number of nitrogens with zero attached hydrogens (tertiary/aromatic N) is 8. The van der Waals surface area contributed by atoms with E-state index in [-0.39, 0.29) is 23.1 Å². The molecule has 5 heterocycles. The molecule has 43 heavy (non-hydrogen) atoms. The van der Waals surface area contributed by atoms with Crippen molar-refractivity contribution < 1.29 is 13.9 Å². The maximum absolute atomic E-state index is 15.4. The van der Waals surface area contributed by atoms with Gasteiger partial charge in [0.25, 0.3) is 0 Å². The van der Waals surface area contributed by atoms with Crippen molar-refractivity contribution >= 4 is 39.9 Å². The molecule has 1 aliphatic heterocycles. The van der Waals surface area contributed by atoms with Crippen molar-refractivity contribution in [3.63, 3.8) is 0 Å². The van der Waals surface area contributed by atoms with Crippen molar-refractivity contribution in [1.82, 2.24) is 34.4 Å². The fourth-order valence-electron chi connectivity index (χ4n) is 5.29. The maximum Gasteiger partial charge on any atom is 0.246 e. The first kappa shape index (κ1) is 28.0. The van der Waals surface area contributed by atoms with E-state index < -0.39 is 5.82 Å². The number of anilines is 3. The van der Waals surface area contributed by atoms with Gasteiger partial charge < -0.3 is 19.9 Å². The summed E-state index contributed by atoms with van der Waals surface area (Å²) in [5.74, 6) is 1.42. The number of carbonyl (C=O) groups is 1. The van der Waals surface area contributed by atoms with E-state index in [1.807, 2.05) is 24.0 Å². The standard InChI is InChI=1S/C31H32FN9O2/c1-6-28(42)40-12-11-39(16-25(40)31(3,4)5)26-8-7-22-29(38-26)30(35-17-33-22)37-23-13-19(2)24(15-21(23)32)43-20-9-10-41-27(14-20)34-18-36-41/h6-10,13-15,17-18,25H,1,11-12,16H2,2-5H3,(H,33,35,37)/t25-/m0/s1. The van der Waals surface area contributed by atoms with Crippen molar-refractivity contribution in [2.24, 2.45) is 5.41 Å². The molecule has 0 spiro atoms. The van der Waals surface area contributed by atoms with Crippen LogP contribution in [-0.4, -0.2) is 66.0 Å². The Kier molecular flexibility index (Phi) is 7.12. The first-order chi connectivity index (χ1) is 20.6. The molecule has 0 aliphatic carbocycles. The van der Waals surface area contributed by atoms with E-state index >= 15 is 4.39 Å². The van der Waals surface area contributed by atoms with Crippen LogP contribution in [0.1, 0.15) is 26.3 Å². The number of aryl methyl sites for hydroxylation is 1. The van der Waals surface area contributed by atoms with Crippen LogP contribution in [0.4, 0.5) is 21.7 Å². The summed E-state index contributed by atoms with van der Waals surface area (Å²) in [5, 5.41) is 7.19. The lowest BCUT2D eigenvalue weighted by atomic mass is 9.84. The number of carbonyl (C=O) groups excluding carboxylic acids is 1. The highest BCUT2D eigenvalue weighted by Crippen LogP contribution is 2.34. The number of pyridine rings is 2. The molecule has 6 rings (SSSR count). The third-order valence-corrected chi connectivity index (χ3v) is 7.63. The Morgan fingerprint density at radius 3 is 2.74 bits per heavy atom. The average Bonchev–Trinajstić information content (AvgIpc) is 3.46. The van der Waals surface area contributed by atoms with Gasteiger partial charge in [-0.2, -0.15) is 5.10 Å². The van der Waals surface area contributed by atoms with Crippen molar-refractivity contribution in [1.29, 1.82) is 0 Å². The molecule has 5 aromatic rings. The summed E-state index contributed by atoms with van der Waals surface area (Å²) in [5.41, 5.74) is 2.55. The summed E-state index contributed by atoms with van der Waals surface area (Å²) in [6.45, 7) is 13.6. The Morgan fingerprint density at radius 1 is 1.12 bits per heavy atom. The van der Waals surface area contributed by atoms with Crippen LogP contribution in [0.15, 0.2) is 67.9 Å². The molecule has 1 atom stereocenters. The molecular formula is C31H32FN9O2. The fraction of sp³-hybridized carbons (Fsp3) is 0.290. The minimum absolute atomic E-state index is 0.0371. The molecule has 0 radical (unpaired) electrons. The van der Waals surface area contributed by atoms with Crippen LogP contribution in [-0.2, 0) is 4.79 Å². The second-order valence-electron chi connectivity index (χ2n) is 11.6. The lowest BCUT2D eigenvalue weighted by Crippen LogP contribution is -2.59. The number of rotatable bonds is 6. The van der Waals surface area contributed by atoms with Gasteiger partial charge in [-0.15, -0.1) is 0 Å². The van der Waals surface area contributed by atoms with Crippen molar-refractivity contribution in [3.8, 4) is 11.5 Å². The number of aromatic nitrogens is 6. The molecule has 0 bridgehead atoms. The molecule has 1 amide bonds. The van der Waals surface area contributed by atoms with E-state index in [1.165, 1.54) is 24.8 Å². The average molecular weight is 582 g/mol. The molecule has 1 N–H and O–H groups in total. The number of hydrogen-bond acceptors (Lipinski definition) is 9. The summed E-state index contributed by atoms with van der Waals surface area (Å²) in [4.78, 5) is 34.4. The number of ether oxygens (including phenoxy) is 1. The van der Waals surface area contributed by atoms with Gasteiger partial charge in [0.15, 0.2) is 11.5 Å². The van der Waals surface area contributed by atoms with Gasteiger partial charge in [0.1, 0.15) is 41.3 Å². The largest absolute Gasteiger partial charge is 0.457 e. The zero-order chi connectivity index (χ0) is 30.3. The molecule has 0 unspecified atom stereocenters. The highest BCUT2D eigenvalue weighted by atomic mass is 19.1. The number of nitrogens with one attached hydrogen (secondary N) is 1. The molecule has 12 heteroatoms. The molecule has 0 saturated carbocycles. The fourth-order valence-corrected chi connectivity index (χ4v) is 5.29. The topological polar surface area (TPSA) is 114 Å².